The number of hydrogen-bond acceptors (Lipinski definition) is 6. The lowest BCUT2D eigenvalue weighted by molar-refractivity contribution is -0.159. The Morgan fingerprint density at radius 1 is 1.19 bits per heavy atom. The molecule has 2 aromatic heterocycles. The molecule has 142 valence electrons. The predicted molar refractivity (Wildman–Crippen MR) is 87.6 cm³/mol. The second kappa shape index (κ2) is 7.14. The largest absolute Gasteiger partial charge is 0.493 e. The molecule has 7 nitrogen and oxygen atoms in total. The van der Waals surface area contributed by atoms with E-state index in [9.17, 15) is 18.0 Å². The van der Waals surface area contributed by atoms with Crippen molar-refractivity contribution in [3.63, 3.8) is 0 Å². The van der Waals surface area contributed by atoms with Crippen molar-refractivity contribution in [2.75, 3.05) is 14.2 Å². The van der Waals surface area contributed by atoms with E-state index in [1.54, 1.807) is 18.2 Å². The Hall–Kier alpha value is -3.30. The van der Waals surface area contributed by atoms with Crippen LogP contribution in [-0.2, 0) is 12.7 Å². The zero-order valence-electron chi connectivity index (χ0n) is 14.3. The highest BCUT2D eigenvalue weighted by atomic mass is 19.4. The molecule has 0 bridgehead atoms. The number of methoxy groups -OCH3 is 2. The molecule has 10 heteroatoms. The van der Waals surface area contributed by atoms with Crippen LogP contribution in [0.3, 0.4) is 0 Å². The smallest absolute Gasteiger partial charge is 0.471 e. The van der Waals surface area contributed by atoms with Gasteiger partial charge in [-0.1, -0.05) is 17.3 Å². The first-order valence-electron chi connectivity index (χ1n) is 7.65. The highest BCUT2D eigenvalue weighted by Gasteiger charge is 2.38. The minimum Gasteiger partial charge on any atom is -0.493 e. The SMILES string of the molecule is COc1cccc(Cn2ccc(-c3noc(C(F)(F)F)n3)cc2=O)c1OC. The van der Waals surface area contributed by atoms with Crippen LogP contribution in [0.25, 0.3) is 11.4 Å². The maximum atomic E-state index is 12.6. The van der Waals surface area contributed by atoms with E-state index in [2.05, 4.69) is 14.7 Å². The number of alkyl halides is 3. The van der Waals surface area contributed by atoms with Crippen molar-refractivity contribution >= 4 is 0 Å². The lowest BCUT2D eigenvalue weighted by Gasteiger charge is -2.13. The fraction of sp³-hybridized carbons (Fsp3) is 0.235. The van der Waals surface area contributed by atoms with Crippen LogP contribution in [0.4, 0.5) is 13.2 Å². The summed E-state index contributed by atoms with van der Waals surface area (Å²) in [7, 11) is 2.99. The van der Waals surface area contributed by atoms with Crippen molar-refractivity contribution in [3.8, 4) is 22.9 Å². The number of halogens is 3. The predicted octanol–water partition coefficient (Wildman–Crippen LogP) is 2.98. The molecule has 0 fully saturated rings. The molecule has 0 amide bonds. The normalized spacial score (nSPS) is 11.4. The van der Waals surface area contributed by atoms with Crippen LogP contribution < -0.4 is 15.0 Å². The number of aromatic nitrogens is 3. The van der Waals surface area contributed by atoms with Gasteiger partial charge >= 0.3 is 12.1 Å². The molecule has 0 atom stereocenters. The molecular weight excluding hydrogens is 367 g/mol. The van der Waals surface area contributed by atoms with Crippen LogP contribution in [0.5, 0.6) is 11.5 Å². The van der Waals surface area contributed by atoms with Gasteiger partial charge in [0.25, 0.3) is 5.56 Å². The summed E-state index contributed by atoms with van der Waals surface area (Å²) >= 11 is 0. The second-order valence-electron chi connectivity index (χ2n) is 5.46. The van der Waals surface area contributed by atoms with E-state index in [1.807, 2.05) is 0 Å². The van der Waals surface area contributed by atoms with E-state index >= 15 is 0 Å². The van der Waals surface area contributed by atoms with Crippen LogP contribution in [0, 0.1) is 0 Å². The monoisotopic (exact) mass is 381 g/mol. The number of para-hydroxylation sites is 1. The van der Waals surface area contributed by atoms with Crippen molar-refractivity contribution in [2.24, 2.45) is 0 Å². The Morgan fingerprint density at radius 3 is 2.56 bits per heavy atom. The summed E-state index contributed by atoms with van der Waals surface area (Å²) in [5.74, 6) is -0.775. The fourth-order valence-electron chi connectivity index (χ4n) is 2.50. The Morgan fingerprint density at radius 2 is 1.96 bits per heavy atom. The molecule has 0 radical (unpaired) electrons. The maximum absolute atomic E-state index is 12.6. The molecule has 0 unspecified atom stereocenters. The topological polar surface area (TPSA) is 79.4 Å². The molecule has 2 heterocycles. The van der Waals surface area contributed by atoms with Gasteiger partial charge in [-0.2, -0.15) is 18.2 Å². The van der Waals surface area contributed by atoms with Gasteiger partial charge in [-0.15, -0.1) is 0 Å². The van der Waals surface area contributed by atoms with Gasteiger partial charge in [-0.3, -0.25) is 4.79 Å². The summed E-state index contributed by atoms with van der Waals surface area (Å²) in [5, 5.41) is 3.27. The second-order valence-corrected chi connectivity index (χ2v) is 5.46. The van der Waals surface area contributed by atoms with Crippen molar-refractivity contribution < 1.29 is 27.2 Å². The lowest BCUT2D eigenvalue weighted by Crippen LogP contribution is -2.19. The fourth-order valence-corrected chi connectivity index (χ4v) is 2.50. The number of hydrogen-bond donors (Lipinski definition) is 0. The first-order valence-corrected chi connectivity index (χ1v) is 7.65. The average molecular weight is 381 g/mol. The molecule has 3 aromatic rings. The van der Waals surface area contributed by atoms with E-state index < -0.39 is 17.6 Å². The number of rotatable bonds is 5. The maximum Gasteiger partial charge on any atom is 0.471 e. The summed E-state index contributed by atoms with van der Waals surface area (Å²) in [4.78, 5) is 15.6. The molecule has 0 aliphatic rings. The Balaban J connectivity index is 1.90. The van der Waals surface area contributed by atoms with Crippen LogP contribution >= 0.6 is 0 Å². The summed E-state index contributed by atoms with van der Waals surface area (Å²) in [6.45, 7) is 0.180. The van der Waals surface area contributed by atoms with Gasteiger partial charge in [-0.25, -0.2) is 0 Å². The molecule has 0 aliphatic carbocycles. The number of pyridine rings is 1. The molecule has 0 aliphatic heterocycles. The van der Waals surface area contributed by atoms with E-state index in [0.29, 0.717) is 17.1 Å². The van der Waals surface area contributed by atoms with E-state index in [1.165, 1.54) is 31.0 Å². The highest BCUT2D eigenvalue weighted by molar-refractivity contribution is 5.53. The van der Waals surface area contributed by atoms with Gasteiger partial charge in [0.2, 0.25) is 5.82 Å². The van der Waals surface area contributed by atoms with Gasteiger partial charge in [0.15, 0.2) is 11.5 Å². The van der Waals surface area contributed by atoms with Crippen LogP contribution in [-0.4, -0.2) is 28.9 Å². The molecule has 0 saturated carbocycles. The molecule has 0 saturated heterocycles. The average Bonchev–Trinajstić information content (AvgIpc) is 3.13. The van der Waals surface area contributed by atoms with Crippen molar-refractivity contribution in [3.05, 3.63) is 58.3 Å². The van der Waals surface area contributed by atoms with Crippen molar-refractivity contribution in [1.82, 2.24) is 14.7 Å². The van der Waals surface area contributed by atoms with Crippen LogP contribution in [0.1, 0.15) is 11.5 Å². The van der Waals surface area contributed by atoms with Gasteiger partial charge in [0.05, 0.1) is 20.8 Å². The van der Waals surface area contributed by atoms with Gasteiger partial charge in [0.1, 0.15) is 0 Å². The van der Waals surface area contributed by atoms with Gasteiger partial charge in [-0.05, 0) is 12.1 Å². The van der Waals surface area contributed by atoms with Crippen LogP contribution in [0.15, 0.2) is 45.8 Å². The Labute approximate surface area is 151 Å². The number of benzene rings is 1. The quantitative estimate of drug-likeness (QED) is 0.676. The van der Waals surface area contributed by atoms with Crippen molar-refractivity contribution in [2.45, 2.75) is 12.7 Å². The summed E-state index contributed by atoms with van der Waals surface area (Å²) < 4.78 is 53.7. The molecule has 3 rings (SSSR count). The summed E-state index contributed by atoms with van der Waals surface area (Å²) in [6.07, 6.45) is -3.32. The number of ether oxygens (including phenoxy) is 2. The third kappa shape index (κ3) is 3.78. The zero-order chi connectivity index (χ0) is 19.6. The summed E-state index contributed by atoms with van der Waals surface area (Å²) in [5.41, 5.74) is 0.370. The van der Waals surface area contributed by atoms with Gasteiger partial charge < -0.3 is 18.6 Å². The highest BCUT2D eigenvalue weighted by Crippen LogP contribution is 2.31. The first kappa shape index (κ1) is 18.5. The summed E-state index contributed by atoms with van der Waals surface area (Å²) in [6, 6.07) is 7.82. The van der Waals surface area contributed by atoms with Crippen molar-refractivity contribution in [1.29, 1.82) is 0 Å². The third-order valence-corrected chi connectivity index (χ3v) is 3.75. The zero-order valence-corrected chi connectivity index (χ0v) is 14.3. The molecule has 1 aromatic carbocycles. The Bertz CT molecular complexity index is 1010. The molecule has 0 N–H and O–H groups in total. The molecule has 27 heavy (non-hydrogen) atoms. The lowest BCUT2D eigenvalue weighted by atomic mass is 10.1. The minimum atomic E-state index is -4.75. The van der Waals surface area contributed by atoms with E-state index in [4.69, 9.17) is 9.47 Å². The van der Waals surface area contributed by atoms with E-state index in [-0.39, 0.29) is 17.9 Å². The minimum absolute atomic E-state index is 0.119. The molecular formula is C17H14F3N3O4. The number of nitrogens with zero attached hydrogens (tertiary/aromatic N) is 3. The van der Waals surface area contributed by atoms with Crippen LogP contribution in [0.2, 0.25) is 0 Å². The Kier molecular flexibility index (Phi) is 4.89. The molecule has 0 spiro atoms. The first-order chi connectivity index (χ1) is 12.8. The van der Waals surface area contributed by atoms with Gasteiger partial charge in [0, 0.05) is 23.4 Å². The van der Waals surface area contributed by atoms with E-state index in [0.717, 1.165) is 6.07 Å². The standard InChI is InChI=1S/C17H14F3N3O4/c1-25-12-5-3-4-11(14(12)26-2)9-23-7-6-10(8-13(23)24)15-21-16(27-22-15)17(18,19)20/h3-8H,9H2,1-2H3. The third-order valence-electron chi connectivity index (χ3n) is 3.75.